The summed E-state index contributed by atoms with van der Waals surface area (Å²) in [7, 11) is 0. The van der Waals surface area contributed by atoms with Crippen LogP contribution in [0, 0.1) is 19.8 Å². The molecular formula is C31H37N3O5. The molecule has 8 heteroatoms. The highest BCUT2D eigenvalue weighted by molar-refractivity contribution is 6.12. The van der Waals surface area contributed by atoms with Crippen molar-refractivity contribution in [1.82, 2.24) is 10.3 Å². The van der Waals surface area contributed by atoms with Gasteiger partial charge in [0.1, 0.15) is 5.60 Å². The summed E-state index contributed by atoms with van der Waals surface area (Å²) in [5, 5.41) is 15.4. The molecule has 2 aromatic carbocycles. The standard InChI is InChI=1S/C31H37N3O5/c1-18(2)16-25-24(17-32-30(38)39-31(5,6)7)26(21-14-12-19(3)13-15-21)27(20(4)33-25)34-28(35)22-10-8-9-11-23(22)29(36)37/h8-15,18H,16-17H2,1-7H3,(H,32,38)(H,34,35)(H,36,37). The summed E-state index contributed by atoms with van der Waals surface area (Å²) in [6.07, 6.45) is 0.0931. The molecule has 0 saturated carbocycles. The lowest BCUT2D eigenvalue weighted by Crippen LogP contribution is -2.32. The molecule has 39 heavy (non-hydrogen) atoms. The highest BCUT2D eigenvalue weighted by Crippen LogP contribution is 2.37. The molecule has 2 amide bonds. The van der Waals surface area contributed by atoms with Crippen molar-refractivity contribution < 1.29 is 24.2 Å². The summed E-state index contributed by atoms with van der Waals surface area (Å²) in [4.78, 5) is 42.7. The highest BCUT2D eigenvalue weighted by atomic mass is 16.6. The van der Waals surface area contributed by atoms with Crippen molar-refractivity contribution >= 4 is 23.7 Å². The van der Waals surface area contributed by atoms with E-state index in [0.29, 0.717) is 17.8 Å². The van der Waals surface area contributed by atoms with Gasteiger partial charge in [-0.2, -0.15) is 0 Å². The summed E-state index contributed by atoms with van der Waals surface area (Å²) in [5.41, 5.74) is 4.51. The molecule has 0 saturated heterocycles. The predicted octanol–water partition coefficient (Wildman–Crippen LogP) is 6.54. The van der Waals surface area contributed by atoms with Crippen LogP contribution in [0.4, 0.5) is 10.5 Å². The number of nitrogens with zero attached hydrogens (tertiary/aromatic N) is 1. The molecule has 1 heterocycles. The topological polar surface area (TPSA) is 118 Å². The third-order valence-corrected chi connectivity index (χ3v) is 5.96. The first-order valence-corrected chi connectivity index (χ1v) is 13.0. The number of aryl methyl sites for hydroxylation is 2. The fourth-order valence-electron chi connectivity index (χ4n) is 4.26. The zero-order valence-corrected chi connectivity index (χ0v) is 23.6. The monoisotopic (exact) mass is 531 g/mol. The van der Waals surface area contributed by atoms with Gasteiger partial charge in [-0.1, -0.05) is 55.8 Å². The number of nitrogens with one attached hydrogen (secondary N) is 2. The lowest BCUT2D eigenvalue weighted by atomic mass is 9.92. The van der Waals surface area contributed by atoms with Gasteiger partial charge in [0.25, 0.3) is 5.91 Å². The molecule has 1 aromatic heterocycles. The third-order valence-electron chi connectivity index (χ3n) is 5.96. The Morgan fingerprint density at radius 1 is 0.974 bits per heavy atom. The van der Waals surface area contributed by atoms with E-state index in [9.17, 15) is 19.5 Å². The van der Waals surface area contributed by atoms with E-state index >= 15 is 0 Å². The Balaban J connectivity index is 2.19. The SMILES string of the molecule is Cc1ccc(-c2c(CNC(=O)OC(C)(C)C)c(CC(C)C)nc(C)c2NC(=O)c2ccccc2C(=O)O)cc1. The minimum Gasteiger partial charge on any atom is -0.478 e. The molecule has 0 unspecified atom stereocenters. The van der Waals surface area contributed by atoms with Gasteiger partial charge >= 0.3 is 12.1 Å². The molecule has 3 N–H and O–H groups in total. The number of alkyl carbamates (subject to hydrolysis) is 1. The number of rotatable bonds is 8. The van der Waals surface area contributed by atoms with Gasteiger partial charge in [0.05, 0.1) is 22.5 Å². The Labute approximate surface area is 229 Å². The Morgan fingerprint density at radius 3 is 2.15 bits per heavy atom. The second-order valence-corrected chi connectivity index (χ2v) is 11.0. The van der Waals surface area contributed by atoms with Gasteiger partial charge in [0.2, 0.25) is 0 Å². The van der Waals surface area contributed by atoms with E-state index in [-0.39, 0.29) is 23.6 Å². The number of ether oxygens (including phenoxy) is 1. The van der Waals surface area contributed by atoms with Crippen LogP contribution >= 0.6 is 0 Å². The van der Waals surface area contributed by atoms with E-state index in [2.05, 4.69) is 24.5 Å². The van der Waals surface area contributed by atoms with E-state index in [4.69, 9.17) is 9.72 Å². The molecule has 206 valence electrons. The lowest BCUT2D eigenvalue weighted by molar-refractivity contribution is 0.0522. The molecule has 0 spiro atoms. The number of carbonyl (C=O) groups is 3. The van der Waals surface area contributed by atoms with Crippen molar-refractivity contribution in [1.29, 1.82) is 0 Å². The Hall–Kier alpha value is -4.20. The quantitative estimate of drug-likeness (QED) is 0.304. The molecule has 0 aliphatic rings. The van der Waals surface area contributed by atoms with E-state index in [1.54, 1.807) is 32.9 Å². The molecule has 0 aliphatic heterocycles. The van der Waals surface area contributed by atoms with Crippen molar-refractivity contribution in [2.45, 2.75) is 67.0 Å². The number of carboxylic acid groups (broad SMARTS) is 1. The van der Waals surface area contributed by atoms with Crippen LogP contribution in [0.5, 0.6) is 0 Å². The number of benzene rings is 2. The fraction of sp³-hybridized carbons (Fsp3) is 0.355. The summed E-state index contributed by atoms with van der Waals surface area (Å²) < 4.78 is 5.46. The van der Waals surface area contributed by atoms with Crippen molar-refractivity contribution in [3.8, 4) is 11.1 Å². The number of carboxylic acids is 1. The van der Waals surface area contributed by atoms with Crippen LogP contribution in [0.15, 0.2) is 48.5 Å². The first-order valence-electron chi connectivity index (χ1n) is 13.0. The van der Waals surface area contributed by atoms with Crippen molar-refractivity contribution in [2.24, 2.45) is 5.92 Å². The van der Waals surface area contributed by atoms with E-state index in [1.165, 1.54) is 12.1 Å². The van der Waals surface area contributed by atoms with Gasteiger partial charge in [0.15, 0.2) is 0 Å². The number of anilines is 1. The van der Waals surface area contributed by atoms with Crippen molar-refractivity contribution in [3.05, 3.63) is 82.2 Å². The van der Waals surface area contributed by atoms with Crippen LogP contribution in [0.25, 0.3) is 11.1 Å². The second-order valence-electron chi connectivity index (χ2n) is 11.0. The Kier molecular flexibility index (Phi) is 9.11. The summed E-state index contributed by atoms with van der Waals surface area (Å²) >= 11 is 0. The summed E-state index contributed by atoms with van der Waals surface area (Å²) in [5.74, 6) is -1.47. The Bertz CT molecular complexity index is 1370. The molecular weight excluding hydrogens is 494 g/mol. The van der Waals surface area contributed by atoms with Gasteiger partial charge in [-0.05, 0) is 64.7 Å². The minimum absolute atomic E-state index is 0.0407. The first-order chi connectivity index (χ1) is 18.3. The molecule has 8 nitrogen and oxygen atoms in total. The van der Waals surface area contributed by atoms with Gasteiger partial charge in [0, 0.05) is 23.4 Å². The number of pyridine rings is 1. The second kappa shape index (κ2) is 12.1. The van der Waals surface area contributed by atoms with Crippen LogP contribution in [0.3, 0.4) is 0 Å². The Morgan fingerprint density at radius 2 is 1.59 bits per heavy atom. The molecule has 0 fully saturated rings. The molecule has 0 aliphatic carbocycles. The van der Waals surface area contributed by atoms with E-state index in [0.717, 1.165) is 27.9 Å². The molecule has 0 atom stereocenters. The van der Waals surface area contributed by atoms with Crippen LogP contribution < -0.4 is 10.6 Å². The van der Waals surface area contributed by atoms with Crippen LogP contribution in [0.2, 0.25) is 0 Å². The third kappa shape index (κ3) is 7.66. The van der Waals surface area contributed by atoms with E-state index in [1.807, 2.05) is 38.1 Å². The normalized spacial score (nSPS) is 11.3. The molecule has 3 aromatic rings. The predicted molar refractivity (Wildman–Crippen MR) is 152 cm³/mol. The summed E-state index contributed by atoms with van der Waals surface area (Å²) in [6.45, 7) is 13.5. The highest BCUT2D eigenvalue weighted by Gasteiger charge is 2.25. The average Bonchev–Trinajstić information content (AvgIpc) is 2.83. The molecule has 0 bridgehead atoms. The lowest BCUT2D eigenvalue weighted by Gasteiger charge is -2.24. The van der Waals surface area contributed by atoms with Crippen molar-refractivity contribution in [2.75, 3.05) is 5.32 Å². The zero-order chi connectivity index (χ0) is 28.9. The number of aromatic carboxylic acids is 1. The smallest absolute Gasteiger partial charge is 0.407 e. The molecule has 3 rings (SSSR count). The van der Waals surface area contributed by atoms with Crippen LogP contribution in [-0.4, -0.2) is 33.7 Å². The zero-order valence-electron chi connectivity index (χ0n) is 23.6. The maximum absolute atomic E-state index is 13.4. The maximum Gasteiger partial charge on any atom is 0.407 e. The van der Waals surface area contributed by atoms with Gasteiger partial charge in [-0.3, -0.25) is 9.78 Å². The van der Waals surface area contributed by atoms with E-state index < -0.39 is 23.6 Å². The number of carbonyl (C=O) groups excluding carboxylic acids is 2. The average molecular weight is 532 g/mol. The number of amides is 2. The number of aromatic nitrogens is 1. The molecule has 0 radical (unpaired) electrons. The minimum atomic E-state index is -1.19. The number of hydrogen-bond donors (Lipinski definition) is 3. The van der Waals surface area contributed by atoms with Gasteiger partial charge < -0.3 is 20.5 Å². The number of hydrogen-bond acceptors (Lipinski definition) is 5. The first kappa shape index (κ1) is 29.4. The van der Waals surface area contributed by atoms with Crippen molar-refractivity contribution in [3.63, 3.8) is 0 Å². The van der Waals surface area contributed by atoms with Gasteiger partial charge in [-0.25, -0.2) is 9.59 Å². The fourth-order valence-corrected chi connectivity index (χ4v) is 4.26. The largest absolute Gasteiger partial charge is 0.478 e. The van der Waals surface area contributed by atoms with Gasteiger partial charge in [-0.15, -0.1) is 0 Å². The summed E-state index contributed by atoms with van der Waals surface area (Å²) in [6, 6.07) is 13.9. The van der Waals surface area contributed by atoms with Crippen LogP contribution in [-0.2, 0) is 17.7 Å². The van der Waals surface area contributed by atoms with Crippen LogP contribution in [0.1, 0.15) is 77.8 Å². The maximum atomic E-state index is 13.4.